The molecule has 55 heavy (non-hydrogen) atoms. The lowest BCUT2D eigenvalue weighted by atomic mass is 9.99. The third-order valence-electron chi connectivity index (χ3n) is 10.0. The summed E-state index contributed by atoms with van der Waals surface area (Å²) >= 11 is 0. The van der Waals surface area contributed by atoms with E-state index in [0.717, 1.165) is 56.6 Å². The second-order valence-electron chi connectivity index (χ2n) is 13.6. The third-order valence-corrected chi connectivity index (χ3v) is 10.0. The maximum Gasteiger partial charge on any atom is 0.0468 e. The van der Waals surface area contributed by atoms with E-state index in [2.05, 4.69) is 240 Å². The van der Waals surface area contributed by atoms with E-state index in [0.29, 0.717) is 0 Å². The van der Waals surface area contributed by atoms with Crippen LogP contribution in [0.3, 0.4) is 0 Å². The Morgan fingerprint density at radius 1 is 0.273 bits per heavy atom. The van der Waals surface area contributed by atoms with E-state index in [-0.39, 0.29) is 0 Å². The van der Waals surface area contributed by atoms with E-state index in [1.54, 1.807) is 0 Å². The lowest BCUT2D eigenvalue weighted by Gasteiger charge is -2.28. The summed E-state index contributed by atoms with van der Waals surface area (Å²) in [5.41, 5.74) is 13.4. The molecule has 9 rings (SSSR count). The van der Waals surface area contributed by atoms with Crippen LogP contribution < -0.4 is 15.1 Å². The standard InChI is InChI=1S/C52H39N3/c1-5-15-39(16-6-1)40-27-30-47(31-28-40)55(49-35-33-48(34-36-49)54(45-19-9-3-10-20-45)46-21-11-4-12-22-46)50-32-29-41-25-26-42(37-43(41)38-50)51-23-13-14-24-52(51)53-44-17-7-2-8-18-44/h1-38,53H. The van der Waals surface area contributed by atoms with Crippen LogP contribution in [0.4, 0.5) is 45.5 Å². The number of para-hydroxylation sites is 4. The highest BCUT2D eigenvalue weighted by Crippen LogP contribution is 2.41. The fraction of sp³-hybridized carbons (Fsp3) is 0. The Balaban J connectivity index is 1.12. The van der Waals surface area contributed by atoms with Gasteiger partial charge < -0.3 is 15.1 Å². The van der Waals surface area contributed by atoms with Crippen LogP contribution in [0.5, 0.6) is 0 Å². The lowest BCUT2D eigenvalue weighted by molar-refractivity contribution is 1.26. The highest BCUT2D eigenvalue weighted by Gasteiger charge is 2.17. The summed E-state index contributed by atoms with van der Waals surface area (Å²) in [7, 11) is 0. The van der Waals surface area contributed by atoms with Gasteiger partial charge in [-0.05, 0) is 125 Å². The first-order valence-corrected chi connectivity index (χ1v) is 18.7. The molecule has 0 amide bonds. The molecule has 9 aromatic carbocycles. The van der Waals surface area contributed by atoms with Crippen molar-refractivity contribution in [1.82, 2.24) is 0 Å². The number of hydrogen-bond acceptors (Lipinski definition) is 3. The van der Waals surface area contributed by atoms with Crippen LogP contribution in [0, 0.1) is 0 Å². The molecule has 0 unspecified atom stereocenters. The zero-order valence-electron chi connectivity index (χ0n) is 30.3. The van der Waals surface area contributed by atoms with Crippen molar-refractivity contribution < 1.29 is 0 Å². The Hall–Kier alpha value is -7.36. The Morgan fingerprint density at radius 3 is 1.31 bits per heavy atom. The summed E-state index contributed by atoms with van der Waals surface area (Å²) in [6.45, 7) is 0. The van der Waals surface area contributed by atoms with Gasteiger partial charge in [-0.1, -0.05) is 133 Å². The lowest BCUT2D eigenvalue weighted by Crippen LogP contribution is -2.12. The van der Waals surface area contributed by atoms with Gasteiger partial charge in [0.25, 0.3) is 0 Å². The normalized spacial score (nSPS) is 10.9. The number of rotatable bonds is 10. The van der Waals surface area contributed by atoms with E-state index in [1.807, 2.05) is 6.07 Å². The first-order chi connectivity index (χ1) is 27.3. The largest absolute Gasteiger partial charge is 0.355 e. The molecule has 0 bridgehead atoms. The second-order valence-corrected chi connectivity index (χ2v) is 13.6. The molecule has 0 saturated heterocycles. The first-order valence-electron chi connectivity index (χ1n) is 18.7. The Morgan fingerprint density at radius 2 is 0.691 bits per heavy atom. The average molecular weight is 706 g/mol. The van der Waals surface area contributed by atoms with E-state index in [1.165, 1.54) is 21.9 Å². The van der Waals surface area contributed by atoms with Crippen molar-refractivity contribution in [3.63, 3.8) is 0 Å². The van der Waals surface area contributed by atoms with Crippen molar-refractivity contribution in [2.24, 2.45) is 0 Å². The van der Waals surface area contributed by atoms with Gasteiger partial charge in [0.1, 0.15) is 0 Å². The molecular weight excluding hydrogens is 667 g/mol. The van der Waals surface area contributed by atoms with E-state index < -0.39 is 0 Å². The second kappa shape index (κ2) is 15.3. The van der Waals surface area contributed by atoms with Gasteiger partial charge in [-0.3, -0.25) is 0 Å². The molecule has 0 aliphatic rings. The van der Waals surface area contributed by atoms with Gasteiger partial charge in [-0.25, -0.2) is 0 Å². The topological polar surface area (TPSA) is 18.5 Å². The predicted molar refractivity (Wildman–Crippen MR) is 234 cm³/mol. The predicted octanol–water partition coefficient (Wildman–Crippen LogP) is 14.9. The summed E-state index contributed by atoms with van der Waals surface area (Å²) in [4.78, 5) is 4.65. The molecule has 0 heterocycles. The van der Waals surface area contributed by atoms with Gasteiger partial charge >= 0.3 is 0 Å². The minimum atomic E-state index is 1.06. The molecule has 0 saturated carbocycles. The fourth-order valence-electron chi connectivity index (χ4n) is 7.29. The van der Waals surface area contributed by atoms with E-state index >= 15 is 0 Å². The summed E-state index contributed by atoms with van der Waals surface area (Å²) in [5.74, 6) is 0. The molecule has 0 radical (unpaired) electrons. The molecule has 1 N–H and O–H groups in total. The molecule has 9 aromatic rings. The minimum absolute atomic E-state index is 1.06. The van der Waals surface area contributed by atoms with E-state index in [4.69, 9.17) is 0 Å². The highest BCUT2D eigenvalue weighted by atomic mass is 15.2. The minimum Gasteiger partial charge on any atom is -0.355 e. The number of benzene rings is 9. The van der Waals surface area contributed by atoms with Gasteiger partial charge in [0, 0.05) is 51.1 Å². The molecule has 0 atom stereocenters. The number of anilines is 8. The Bertz CT molecular complexity index is 2600. The van der Waals surface area contributed by atoms with Crippen molar-refractivity contribution in [3.05, 3.63) is 231 Å². The summed E-state index contributed by atoms with van der Waals surface area (Å²) in [5, 5.41) is 5.99. The Labute approximate surface area is 323 Å². The van der Waals surface area contributed by atoms with Crippen LogP contribution in [0.15, 0.2) is 231 Å². The molecule has 3 nitrogen and oxygen atoms in total. The maximum atomic E-state index is 3.63. The number of fused-ring (bicyclic) bond motifs is 1. The van der Waals surface area contributed by atoms with Crippen molar-refractivity contribution in [2.45, 2.75) is 0 Å². The summed E-state index contributed by atoms with van der Waals surface area (Å²) in [6, 6.07) is 81.8. The van der Waals surface area contributed by atoms with Crippen molar-refractivity contribution in [3.8, 4) is 22.3 Å². The zero-order valence-corrected chi connectivity index (χ0v) is 30.3. The van der Waals surface area contributed by atoms with Crippen LogP contribution in [0.2, 0.25) is 0 Å². The summed E-state index contributed by atoms with van der Waals surface area (Å²) < 4.78 is 0. The van der Waals surface area contributed by atoms with Gasteiger partial charge in [-0.2, -0.15) is 0 Å². The molecule has 3 heteroatoms. The van der Waals surface area contributed by atoms with Crippen molar-refractivity contribution >= 4 is 56.3 Å². The van der Waals surface area contributed by atoms with Crippen LogP contribution in [-0.2, 0) is 0 Å². The SMILES string of the molecule is c1ccc(Nc2ccccc2-c2ccc3ccc(N(c4ccc(-c5ccccc5)cc4)c4ccc(N(c5ccccc5)c5ccccc5)cc4)cc3c2)cc1. The molecule has 0 aromatic heterocycles. The molecular formula is C52H39N3. The van der Waals surface area contributed by atoms with Crippen molar-refractivity contribution in [1.29, 1.82) is 0 Å². The quantitative estimate of drug-likeness (QED) is 0.153. The highest BCUT2D eigenvalue weighted by molar-refractivity contribution is 5.94. The molecule has 0 fully saturated rings. The fourth-order valence-corrected chi connectivity index (χ4v) is 7.29. The van der Waals surface area contributed by atoms with Gasteiger partial charge in [-0.15, -0.1) is 0 Å². The van der Waals surface area contributed by atoms with Gasteiger partial charge in [0.15, 0.2) is 0 Å². The van der Waals surface area contributed by atoms with Crippen LogP contribution in [0.1, 0.15) is 0 Å². The zero-order chi connectivity index (χ0) is 36.8. The molecule has 0 aliphatic heterocycles. The van der Waals surface area contributed by atoms with Gasteiger partial charge in [0.05, 0.1) is 0 Å². The maximum absolute atomic E-state index is 3.63. The first kappa shape index (κ1) is 33.5. The van der Waals surface area contributed by atoms with Crippen LogP contribution in [0.25, 0.3) is 33.0 Å². The van der Waals surface area contributed by atoms with Crippen LogP contribution >= 0.6 is 0 Å². The third kappa shape index (κ3) is 7.20. The Kier molecular flexibility index (Phi) is 9.32. The monoisotopic (exact) mass is 705 g/mol. The number of nitrogens with zero attached hydrogens (tertiary/aromatic N) is 2. The van der Waals surface area contributed by atoms with Crippen molar-refractivity contribution in [2.75, 3.05) is 15.1 Å². The number of hydrogen-bond donors (Lipinski definition) is 1. The molecule has 262 valence electrons. The summed E-state index contributed by atoms with van der Waals surface area (Å²) in [6.07, 6.45) is 0. The molecule has 0 aliphatic carbocycles. The molecule has 0 spiro atoms. The van der Waals surface area contributed by atoms with E-state index in [9.17, 15) is 0 Å². The average Bonchev–Trinajstić information content (AvgIpc) is 3.26. The van der Waals surface area contributed by atoms with Gasteiger partial charge in [0.2, 0.25) is 0 Å². The smallest absolute Gasteiger partial charge is 0.0468 e. The number of nitrogens with one attached hydrogen (secondary N) is 1. The van der Waals surface area contributed by atoms with Crippen LogP contribution in [-0.4, -0.2) is 0 Å².